The molecular formula is C17H18N2. The van der Waals surface area contributed by atoms with Crippen molar-refractivity contribution in [3.05, 3.63) is 66.2 Å². The Morgan fingerprint density at radius 2 is 1.42 bits per heavy atom. The summed E-state index contributed by atoms with van der Waals surface area (Å²) < 4.78 is 0. The number of rotatable bonds is 2. The van der Waals surface area contributed by atoms with Crippen LogP contribution in [0, 0.1) is 5.92 Å². The van der Waals surface area contributed by atoms with E-state index in [1.54, 1.807) is 0 Å². The predicted octanol–water partition coefficient (Wildman–Crippen LogP) is 3.94. The maximum Gasteiger partial charge on any atom is 0.0731 e. The van der Waals surface area contributed by atoms with Gasteiger partial charge >= 0.3 is 0 Å². The van der Waals surface area contributed by atoms with Gasteiger partial charge < -0.3 is 0 Å². The molecule has 1 aliphatic rings. The topological polar surface area (TPSA) is 15.6 Å². The third-order valence-corrected chi connectivity index (χ3v) is 3.85. The Labute approximate surface area is 114 Å². The van der Waals surface area contributed by atoms with Gasteiger partial charge in [0.1, 0.15) is 0 Å². The van der Waals surface area contributed by atoms with Crippen molar-refractivity contribution in [1.82, 2.24) is 0 Å². The summed E-state index contributed by atoms with van der Waals surface area (Å²) in [6, 6.07) is 21.2. The molecule has 2 nitrogen and oxygen atoms in total. The van der Waals surface area contributed by atoms with Crippen molar-refractivity contribution in [3.63, 3.8) is 0 Å². The van der Waals surface area contributed by atoms with E-state index in [4.69, 9.17) is 5.10 Å². The van der Waals surface area contributed by atoms with E-state index in [0.717, 1.165) is 5.69 Å². The van der Waals surface area contributed by atoms with Gasteiger partial charge in [0.05, 0.1) is 17.4 Å². The van der Waals surface area contributed by atoms with Gasteiger partial charge in [0.25, 0.3) is 0 Å². The van der Waals surface area contributed by atoms with E-state index in [1.165, 1.54) is 11.3 Å². The van der Waals surface area contributed by atoms with Gasteiger partial charge in [-0.2, -0.15) is 5.10 Å². The molecular weight excluding hydrogens is 232 g/mol. The fourth-order valence-corrected chi connectivity index (χ4v) is 2.54. The zero-order valence-corrected chi connectivity index (χ0v) is 11.3. The van der Waals surface area contributed by atoms with E-state index in [1.807, 2.05) is 12.1 Å². The van der Waals surface area contributed by atoms with Gasteiger partial charge in [-0.25, -0.2) is 0 Å². The van der Waals surface area contributed by atoms with Gasteiger partial charge in [-0.3, -0.25) is 5.01 Å². The summed E-state index contributed by atoms with van der Waals surface area (Å²) in [4.78, 5) is 0. The van der Waals surface area contributed by atoms with Crippen LogP contribution in [0.2, 0.25) is 0 Å². The van der Waals surface area contributed by atoms with Gasteiger partial charge in [-0.05, 0) is 24.6 Å². The van der Waals surface area contributed by atoms with E-state index < -0.39 is 0 Å². The van der Waals surface area contributed by atoms with Crippen LogP contribution in [0.15, 0.2) is 65.8 Å². The molecule has 1 aliphatic heterocycles. The zero-order chi connectivity index (χ0) is 13.2. The Bertz CT molecular complexity index is 575. The van der Waals surface area contributed by atoms with Gasteiger partial charge in [0, 0.05) is 5.92 Å². The van der Waals surface area contributed by atoms with Crippen molar-refractivity contribution < 1.29 is 0 Å². The summed E-state index contributed by atoms with van der Waals surface area (Å²) in [6.45, 7) is 4.48. The monoisotopic (exact) mass is 250 g/mol. The highest BCUT2D eigenvalue weighted by atomic mass is 15.5. The van der Waals surface area contributed by atoms with Crippen LogP contribution in [0.1, 0.15) is 19.4 Å². The maximum absolute atomic E-state index is 4.84. The largest absolute Gasteiger partial charge is 0.262 e. The van der Waals surface area contributed by atoms with Crippen LogP contribution in [0.5, 0.6) is 0 Å². The first kappa shape index (κ1) is 12.0. The van der Waals surface area contributed by atoms with Crippen LogP contribution in [-0.2, 0) is 0 Å². The molecule has 0 fully saturated rings. The summed E-state index contributed by atoms with van der Waals surface area (Å²) in [5.74, 6) is 0.433. The first-order valence-corrected chi connectivity index (χ1v) is 6.75. The molecule has 0 radical (unpaired) electrons. The van der Waals surface area contributed by atoms with E-state index >= 15 is 0 Å². The molecule has 0 unspecified atom stereocenters. The van der Waals surface area contributed by atoms with Gasteiger partial charge in [0.2, 0.25) is 0 Å². The molecule has 0 spiro atoms. The van der Waals surface area contributed by atoms with Crippen molar-refractivity contribution in [2.24, 2.45) is 11.0 Å². The zero-order valence-electron chi connectivity index (χ0n) is 11.3. The van der Waals surface area contributed by atoms with Crippen molar-refractivity contribution in [3.8, 4) is 0 Å². The van der Waals surface area contributed by atoms with Gasteiger partial charge in [-0.1, -0.05) is 55.5 Å². The Balaban J connectivity index is 1.99. The van der Waals surface area contributed by atoms with Crippen molar-refractivity contribution in [2.75, 3.05) is 5.01 Å². The lowest BCUT2D eigenvalue weighted by molar-refractivity contribution is 0.604. The number of nitrogens with zero attached hydrogens (tertiary/aromatic N) is 2. The first-order valence-electron chi connectivity index (χ1n) is 6.75. The molecule has 0 saturated carbocycles. The molecule has 0 saturated heterocycles. The van der Waals surface area contributed by atoms with Crippen molar-refractivity contribution >= 4 is 11.4 Å². The quantitative estimate of drug-likeness (QED) is 0.788. The molecule has 0 bridgehead atoms. The Morgan fingerprint density at radius 1 is 0.842 bits per heavy atom. The number of hydrogen-bond donors (Lipinski definition) is 0. The molecule has 0 N–H and O–H groups in total. The highest BCUT2D eigenvalue weighted by Gasteiger charge is 2.31. The predicted molar refractivity (Wildman–Crippen MR) is 80.5 cm³/mol. The number of para-hydroxylation sites is 1. The molecule has 2 aromatic carbocycles. The molecule has 2 aromatic rings. The molecule has 0 aliphatic carbocycles. The summed E-state index contributed by atoms with van der Waals surface area (Å²) in [7, 11) is 0. The molecule has 0 amide bonds. The van der Waals surface area contributed by atoms with E-state index in [-0.39, 0.29) is 0 Å². The van der Waals surface area contributed by atoms with Crippen LogP contribution < -0.4 is 5.01 Å². The fourth-order valence-electron chi connectivity index (χ4n) is 2.54. The molecule has 19 heavy (non-hydrogen) atoms. The lowest BCUT2D eigenvalue weighted by atomic mass is 9.94. The number of anilines is 1. The summed E-state index contributed by atoms with van der Waals surface area (Å²) in [5.41, 5.74) is 3.56. The third kappa shape index (κ3) is 2.14. The highest BCUT2D eigenvalue weighted by Crippen LogP contribution is 2.30. The molecule has 2 atom stereocenters. The number of benzene rings is 2. The molecule has 3 rings (SSSR count). The number of hydrazone groups is 1. The summed E-state index contributed by atoms with van der Waals surface area (Å²) in [5, 5.41) is 6.97. The maximum atomic E-state index is 4.84. The van der Waals surface area contributed by atoms with Gasteiger partial charge in [-0.15, -0.1) is 0 Å². The van der Waals surface area contributed by atoms with Crippen molar-refractivity contribution in [1.29, 1.82) is 0 Å². The second kappa shape index (κ2) is 4.88. The van der Waals surface area contributed by atoms with Crippen LogP contribution in [0.4, 0.5) is 5.69 Å². The minimum Gasteiger partial charge on any atom is -0.262 e. The summed E-state index contributed by atoms with van der Waals surface area (Å²) in [6.07, 6.45) is 0. The first-order chi connectivity index (χ1) is 9.27. The molecule has 96 valence electrons. The van der Waals surface area contributed by atoms with Crippen LogP contribution in [0.25, 0.3) is 0 Å². The minimum atomic E-state index is 0.387. The normalized spacial score (nSPS) is 22.4. The molecule has 0 aromatic heterocycles. The fraction of sp³-hybridized carbons (Fsp3) is 0.235. The second-order valence-electron chi connectivity index (χ2n) is 5.06. The highest BCUT2D eigenvalue weighted by molar-refractivity contribution is 6.04. The van der Waals surface area contributed by atoms with E-state index in [9.17, 15) is 0 Å². The van der Waals surface area contributed by atoms with E-state index in [0.29, 0.717) is 12.0 Å². The molecule has 1 heterocycles. The Kier molecular flexibility index (Phi) is 3.08. The van der Waals surface area contributed by atoms with Gasteiger partial charge in [0.15, 0.2) is 0 Å². The lowest BCUT2D eigenvalue weighted by Gasteiger charge is -2.22. The second-order valence-corrected chi connectivity index (χ2v) is 5.06. The van der Waals surface area contributed by atoms with Crippen LogP contribution in [-0.4, -0.2) is 11.8 Å². The third-order valence-electron chi connectivity index (χ3n) is 3.85. The molecule has 2 heteroatoms. The van der Waals surface area contributed by atoms with Crippen LogP contribution in [0.3, 0.4) is 0 Å². The van der Waals surface area contributed by atoms with Crippen molar-refractivity contribution in [2.45, 2.75) is 19.9 Å². The Hall–Kier alpha value is -2.09. The Morgan fingerprint density at radius 3 is 2.05 bits per heavy atom. The average Bonchev–Trinajstić information content (AvgIpc) is 2.77. The average molecular weight is 250 g/mol. The SMILES string of the molecule is C[C@H]1C(c2ccccc2)=NN(c2ccccc2)[C@H]1C. The standard InChI is InChI=1S/C17H18N2/c1-13-14(2)19(16-11-7-4-8-12-16)18-17(13)15-9-5-3-6-10-15/h3-14H,1-2H3/t13-,14+/m1/s1. The lowest BCUT2D eigenvalue weighted by Crippen LogP contribution is -2.28. The number of hydrogen-bond acceptors (Lipinski definition) is 2. The summed E-state index contributed by atoms with van der Waals surface area (Å²) >= 11 is 0. The minimum absolute atomic E-state index is 0.387. The van der Waals surface area contributed by atoms with Crippen LogP contribution >= 0.6 is 0 Å². The van der Waals surface area contributed by atoms with E-state index in [2.05, 4.69) is 67.4 Å². The smallest absolute Gasteiger partial charge is 0.0731 e.